The lowest BCUT2D eigenvalue weighted by atomic mass is 10.0. The summed E-state index contributed by atoms with van der Waals surface area (Å²) in [6, 6.07) is 3.13. The van der Waals surface area contributed by atoms with E-state index >= 15 is 0 Å². The van der Waals surface area contributed by atoms with Gasteiger partial charge in [0, 0.05) is 5.56 Å². The zero-order valence-corrected chi connectivity index (χ0v) is 9.57. The summed E-state index contributed by atoms with van der Waals surface area (Å²) in [5.74, 6) is -0.0657. The molecule has 0 amide bonds. The van der Waals surface area contributed by atoms with Crippen molar-refractivity contribution in [3.05, 3.63) is 28.8 Å². The third kappa shape index (κ3) is 2.39. The van der Waals surface area contributed by atoms with Crippen LogP contribution in [0.15, 0.2) is 12.1 Å². The predicted molar refractivity (Wildman–Crippen MR) is 59.1 cm³/mol. The predicted octanol–water partition coefficient (Wildman–Crippen LogP) is 1.99. The summed E-state index contributed by atoms with van der Waals surface area (Å²) in [6.07, 6.45) is 0.706. The van der Waals surface area contributed by atoms with Gasteiger partial charge in [-0.15, -0.1) is 0 Å². The molecule has 0 N–H and O–H groups in total. The van der Waals surface area contributed by atoms with E-state index in [0.717, 1.165) is 5.56 Å². The topological polar surface area (TPSA) is 52.6 Å². The molecule has 0 aliphatic rings. The second-order valence-corrected chi connectivity index (χ2v) is 3.25. The fourth-order valence-corrected chi connectivity index (χ4v) is 1.36. The zero-order valence-electron chi connectivity index (χ0n) is 9.57. The minimum atomic E-state index is -0.484. The Morgan fingerprint density at radius 3 is 2.62 bits per heavy atom. The highest BCUT2D eigenvalue weighted by Gasteiger charge is 2.15. The van der Waals surface area contributed by atoms with Gasteiger partial charge in [-0.25, -0.2) is 4.79 Å². The molecule has 0 spiro atoms. The van der Waals surface area contributed by atoms with Gasteiger partial charge in [0.05, 0.1) is 13.7 Å². The lowest BCUT2D eigenvalue weighted by Crippen LogP contribution is -2.08. The number of carbonyl (C=O) groups is 2. The molecule has 0 saturated carbocycles. The Hall–Kier alpha value is -1.84. The average molecular weight is 222 g/mol. The van der Waals surface area contributed by atoms with E-state index in [1.807, 2.05) is 0 Å². The minimum absolute atomic E-state index is 0.275. The summed E-state index contributed by atoms with van der Waals surface area (Å²) >= 11 is 0. The zero-order chi connectivity index (χ0) is 12.1. The monoisotopic (exact) mass is 222 g/mol. The molecule has 4 nitrogen and oxygen atoms in total. The van der Waals surface area contributed by atoms with E-state index in [-0.39, 0.29) is 12.2 Å². The van der Waals surface area contributed by atoms with E-state index in [4.69, 9.17) is 9.47 Å². The number of rotatable bonds is 4. The lowest BCUT2D eigenvalue weighted by molar-refractivity contribution is 0.0522. The van der Waals surface area contributed by atoms with E-state index in [1.54, 1.807) is 19.9 Å². The third-order valence-electron chi connectivity index (χ3n) is 2.21. The Labute approximate surface area is 94.2 Å². The third-order valence-corrected chi connectivity index (χ3v) is 2.21. The largest absolute Gasteiger partial charge is 0.496 e. The van der Waals surface area contributed by atoms with Crippen molar-refractivity contribution >= 4 is 12.3 Å². The molecule has 0 unspecified atom stereocenters. The number of aldehydes is 1. The standard InChI is InChI=1S/C12H14O4/c1-4-16-12(14)10-6-9(7-13)8(2)5-11(10)15-3/h5-7H,4H2,1-3H3. The lowest BCUT2D eigenvalue weighted by Gasteiger charge is -2.10. The van der Waals surface area contributed by atoms with Crippen LogP contribution < -0.4 is 4.74 Å². The summed E-state index contributed by atoms with van der Waals surface area (Å²) in [5, 5.41) is 0. The van der Waals surface area contributed by atoms with Crippen LogP contribution in [0.2, 0.25) is 0 Å². The molecule has 0 saturated heterocycles. The number of hydrogen-bond acceptors (Lipinski definition) is 4. The van der Waals surface area contributed by atoms with E-state index < -0.39 is 5.97 Å². The van der Waals surface area contributed by atoms with Gasteiger partial charge in [0.15, 0.2) is 0 Å². The van der Waals surface area contributed by atoms with Gasteiger partial charge in [0.25, 0.3) is 0 Å². The van der Waals surface area contributed by atoms with Crippen LogP contribution in [0.25, 0.3) is 0 Å². The molecule has 0 fully saturated rings. The molecule has 1 aromatic carbocycles. The van der Waals surface area contributed by atoms with Crippen LogP contribution in [0.5, 0.6) is 5.75 Å². The highest BCUT2D eigenvalue weighted by molar-refractivity contribution is 5.95. The van der Waals surface area contributed by atoms with Crippen molar-refractivity contribution in [3.8, 4) is 5.75 Å². The smallest absolute Gasteiger partial charge is 0.341 e. The molecule has 0 aromatic heterocycles. The Morgan fingerprint density at radius 1 is 1.44 bits per heavy atom. The van der Waals surface area contributed by atoms with Gasteiger partial charge in [0.1, 0.15) is 17.6 Å². The molecule has 0 radical (unpaired) electrons. The molecule has 4 heteroatoms. The first-order chi connectivity index (χ1) is 7.63. The number of carbonyl (C=O) groups excluding carboxylic acids is 2. The number of hydrogen-bond donors (Lipinski definition) is 0. The van der Waals surface area contributed by atoms with E-state index in [1.165, 1.54) is 13.2 Å². The molecule has 0 heterocycles. The van der Waals surface area contributed by atoms with Crippen molar-refractivity contribution < 1.29 is 19.1 Å². The Kier molecular flexibility index (Phi) is 4.05. The van der Waals surface area contributed by atoms with Crippen LogP contribution in [0, 0.1) is 6.92 Å². The highest BCUT2D eigenvalue weighted by atomic mass is 16.5. The van der Waals surface area contributed by atoms with E-state index in [2.05, 4.69) is 0 Å². The fourth-order valence-electron chi connectivity index (χ4n) is 1.36. The average Bonchev–Trinajstić information content (AvgIpc) is 2.28. The van der Waals surface area contributed by atoms with Gasteiger partial charge in [-0.3, -0.25) is 4.79 Å². The number of aryl methyl sites for hydroxylation is 1. The molecule has 16 heavy (non-hydrogen) atoms. The van der Waals surface area contributed by atoms with Crippen LogP contribution in [-0.4, -0.2) is 26.0 Å². The summed E-state index contributed by atoms with van der Waals surface area (Å²) in [4.78, 5) is 22.4. The van der Waals surface area contributed by atoms with Crippen molar-refractivity contribution in [1.82, 2.24) is 0 Å². The molecule has 1 aromatic rings. The summed E-state index contributed by atoms with van der Waals surface area (Å²) in [5.41, 5.74) is 1.50. The first kappa shape index (κ1) is 12.2. The quantitative estimate of drug-likeness (QED) is 0.577. The molecule has 0 bridgehead atoms. The van der Waals surface area contributed by atoms with Gasteiger partial charge >= 0.3 is 5.97 Å². The molecule has 1 rings (SSSR count). The molecule has 0 aliphatic carbocycles. The van der Waals surface area contributed by atoms with Gasteiger partial charge in [-0.05, 0) is 31.5 Å². The van der Waals surface area contributed by atoms with Crippen LogP contribution in [0.3, 0.4) is 0 Å². The van der Waals surface area contributed by atoms with Crippen molar-refractivity contribution in [2.45, 2.75) is 13.8 Å². The number of methoxy groups -OCH3 is 1. The van der Waals surface area contributed by atoms with Gasteiger partial charge in [-0.2, -0.15) is 0 Å². The maximum atomic E-state index is 11.6. The van der Waals surface area contributed by atoms with Crippen molar-refractivity contribution in [3.63, 3.8) is 0 Å². The van der Waals surface area contributed by atoms with Gasteiger partial charge in [-0.1, -0.05) is 0 Å². The summed E-state index contributed by atoms with van der Waals surface area (Å²) in [7, 11) is 1.47. The van der Waals surface area contributed by atoms with Crippen molar-refractivity contribution in [1.29, 1.82) is 0 Å². The number of ether oxygens (including phenoxy) is 2. The Bertz CT molecular complexity index is 410. The maximum absolute atomic E-state index is 11.6. The SMILES string of the molecule is CCOC(=O)c1cc(C=O)c(C)cc1OC. The fraction of sp³-hybridized carbons (Fsp3) is 0.333. The van der Waals surface area contributed by atoms with E-state index in [9.17, 15) is 9.59 Å². The minimum Gasteiger partial charge on any atom is -0.496 e. The summed E-state index contributed by atoms with van der Waals surface area (Å²) in [6.45, 7) is 3.78. The maximum Gasteiger partial charge on any atom is 0.341 e. The molecular formula is C12H14O4. The molecule has 0 aliphatic heterocycles. The first-order valence-electron chi connectivity index (χ1n) is 4.95. The Balaban J connectivity index is 3.24. The van der Waals surface area contributed by atoms with Crippen LogP contribution >= 0.6 is 0 Å². The summed E-state index contributed by atoms with van der Waals surface area (Å²) < 4.78 is 9.95. The number of benzene rings is 1. The van der Waals surface area contributed by atoms with Gasteiger partial charge in [0.2, 0.25) is 0 Å². The van der Waals surface area contributed by atoms with Gasteiger partial charge < -0.3 is 9.47 Å². The number of esters is 1. The second-order valence-electron chi connectivity index (χ2n) is 3.25. The van der Waals surface area contributed by atoms with Crippen molar-refractivity contribution in [2.24, 2.45) is 0 Å². The molecular weight excluding hydrogens is 208 g/mol. The van der Waals surface area contributed by atoms with E-state index in [0.29, 0.717) is 17.6 Å². The normalized spacial score (nSPS) is 9.69. The Morgan fingerprint density at radius 2 is 2.12 bits per heavy atom. The van der Waals surface area contributed by atoms with Crippen molar-refractivity contribution in [2.75, 3.05) is 13.7 Å². The molecule has 0 atom stereocenters. The molecule has 86 valence electrons. The first-order valence-corrected chi connectivity index (χ1v) is 4.95. The van der Waals surface area contributed by atoms with Crippen LogP contribution in [0.1, 0.15) is 33.2 Å². The second kappa shape index (κ2) is 5.30. The van der Waals surface area contributed by atoms with Crippen LogP contribution in [0.4, 0.5) is 0 Å². The highest BCUT2D eigenvalue weighted by Crippen LogP contribution is 2.23. The van der Waals surface area contributed by atoms with Crippen LogP contribution in [-0.2, 0) is 4.74 Å².